The van der Waals surface area contributed by atoms with Gasteiger partial charge in [0.25, 0.3) is 11.7 Å². The normalized spacial score (nSPS) is 16.1. The summed E-state index contributed by atoms with van der Waals surface area (Å²) in [6, 6.07) is 30.6. The van der Waals surface area contributed by atoms with Gasteiger partial charge in [-0.3, -0.25) is 9.59 Å². The van der Waals surface area contributed by atoms with Crippen LogP contribution in [0, 0.1) is 6.92 Å². The lowest BCUT2D eigenvalue weighted by Crippen LogP contribution is -2.32. The minimum atomic E-state index is -0.818. The molecule has 1 aliphatic heterocycles. The number of methoxy groups -OCH3 is 1. The van der Waals surface area contributed by atoms with Crippen LogP contribution in [0.4, 0.5) is 0 Å². The highest BCUT2D eigenvalue weighted by Crippen LogP contribution is 2.40. The van der Waals surface area contributed by atoms with Gasteiger partial charge in [-0.2, -0.15) is 0 Å². The van der Waals surface area contributed by atoms with Gasteiger partial charge in [0.2, 0.25) is 0 Å². The van der Waals surface area contributed by atoms with Crippen LogP contribution in [-0.2, 0) is 20.9 Å². The van der Waals surface area contributed by atoms with Crippen molar-refractivity contribution in [1.29, 1.82) is 0 Å². The number of likely N-dealkylation sites (tertiary alicyclic amines) is 1. The van der Waals surface area contributed by atoms with Gasteiger partial charge in [-0.1, -0.05) is 60.2 Å². The summed E-state index contributed by atoms with van der Waals surface area (Å²) < 4.78 is 17.1. The molecule has 41 heavy (non-hydrogen) atoms. The summed E-state index contributed by atoms with van der Waals surface area (Å²) in [6.45, 7) is 2.84. The fourth-order valence-electron chi connectivity index (χ4n) is 4.85. The first-order valence-corrected chi connectivity index (χ1v) is 13.3. The first kappa shape index (κ1) is 27.7. The second kappa shape index (κ2) is 12.5. The van der Waals surface area contributed by atoms with Gasteiger partial charge in [0.15, 0.2) is 0 Å². The molecule has 4 aromatic carbocycles. The Bertz CT molecular complexity index is 1560. The number of Topliss-reactive ketones (excluding diaryl/α,β-unsaturated/α-hetero) is 1. The van der Waals surface area contributed by atoms with E-state index in [4.69, 9.17) is 14.2 Å². The van der Waals surface area contributed by atoms with Crippen molar-refractivity contribution < 1.29 is 28.9 Å². The molecule has 4 aromatic rings. The lowest BCUT2D eigenvalue weighted by Gasteiger charge is -2.25. The van der Waals surface area contributed by atoms with Gasteiger partial charge >= 0.3 is 0 Å². The van der Waals surface area contributed by atoms with Crippen LogP contribution in [0.25, 0.3) is 5.76 Å². The first-order valence-electron chi connectivity index (χ1n) is 13.3. The molecule has 0 radical (unpaired) electrons. The number of para-hydroxylation sites is 1. The zero-order valence-electron chi connectivity index (χ0n) is 22.9. The summed E-state index contributed by atoms with van der Waals surface area (Å²) in [6.07, 6.45) is 0. The Hall–Kier alpha value is -4.88. The molecule has 7 nitrogen and oxygen atoms in total. The van der Waals surface area contributed by atoms with Crippen molar-refractivity contribution in [2.45, 2.75) is 19.6 Å². The van der Waals surface area contributed by atoms with E-state index in [9.17, 15) is 14.7 Å². The zero-order valence-corrected chi connectivity index (χ0v) is 22.9. The molecule has 0 bridgehead atoms. The standard InChI is InChI=1S/C34H31NO6/c1-23-8-6-9-24(20-23)22-40-27-16-14-25(15-17-27)32(36)30-31(35(18-19-39-2)34(38)33(30)37)26-10-7-13-29(21-26)41-28-11-4-3-5-12-28/h3-17,20-21,31,36H,18-19,22H2,1-2H3. The molecule has 1 atom stereocenters. The molecule has 1 aliphatic rings. The monoisotopic (exact) mass is 549 g/mol. The van der Waals surface area contributed by atoms with E-state index in [1.165, 1.54) is 12.0 Å². The summed E-state index contributed by atoms with van der Waals surface area (Å²) >= 11 is 0. The smallest absolute Gasteiger partial charge is 0.295 e. The van der Waals surface area contributed by atoms with Crippen molar-refractivity contribution in [3.8, 4) is 17.2 Å². The minimum absolute atomic E-state index is 0.0105. The highest BCUT2D eigenvalue weighted by Gasteiger charge is 2.46. The number of ketones is 1. The number of aryl methyl sites for hydroxylation is 1. The number of carbonyl (C=O) groups is 2. The Morgan fingerprint density at radius 2 is 1.56 bits per heavy atom. The number of carbonyl (C=O) groups excluding carboxylic acids is 2. The van der Waals surface area contributed by atoms with Gasteiger partial charge in [0, 0.05) is 19.2 Å². The summed E-state index contributed by atoms with van der Waals surface area (Å²) in [7, 11) is 1.53. The lowest BCUT2D eigenvalue weighted by atomic mass is 9.95. The molecule has 0 spiro atoms. The maximum atomic E-state index is 13.3. The van der Waals surface area contributed by atoms with Gasteiger partial charge in [0.1, 0.15) is 29.6 Å². The third-order valence-corrected chi connectivity index (χ3v) is 6.84. The van der Waals surface area contributed by atoms with Crippen molar-refractivity contribution in [2.75, 3.05) is 20.3 Å². The molecule has 1 fully saturated rings. The molecule has 1 heterocycles. The zero-order chi connectivity index (χ0) is 28.8. The molecule has 1 saturated heterocycles. The highest BCUT2D eigenvalue weighted by molar-refractivity contribution is 6.46. The predicted molar refractivity (Wildman–Crippen MR) is 156 cm³/mol. The van der Waals surface area contributed by atoms with Crippen LogP contribution < -0.4 is 9.47 Å². The van der Waals surface area contributed by atoms with Crippen LogP contribution in [0.5, 0.6) is 17.2 Å². The molecule has 0 aliphatic carbocycles. The van der Waals surface area contributed by atoms with Gasteiger partial charge in [-0.25, -0.2) is 0 Å². The Labute approximate surface area is 239 Å². The fourth-order valence-corrected chi connectivity index (χ4v) is 4.85. The van der Waals surface area contributed by atoms with Crippen molar-refractivity contribution >= 4 is 17.4 Å². The predicted octanol–water partition coefficient (Wildman–Crippen LogP) is 6.43. The minimum Gasteiger partial charge on any atom is -0.507 e. The average molecular weight is 550 g/mol. The van der Waals surface area contributed by atoms with E-state index >= 15 is 0 Å². The Morgan fingerprint density at radius 3 is 2.29 bits per heavy atom. The van der Waals surface area contributed by atoms with E-state index in [1.54, 1.807) is 42.5 Å². The van der Waals surface area contributed by atoms with E-state index in [1.807, 2.05) is 61.5 Å². The number of rotatable bonds is 10. The van der Waals surface area contributed by atoms with Gasteiger partial charge in [-0.05, 0) is 66.6 Å². The first-order chi connectivity index (χ1) is 19.9. The molecular formula is C34H31NO6. The van der Waals surface area contributed by atoms with E-state index in [-0.39, 0.29) is 24.5 Å². The van der Waals surface area contributed by atoms with Crippen LogP contribution in [0.15, 0.2) is 109 Å². The highest BCUT2D eigenvalue weighted by atomic mass is 16.5. The fraction of sp³-hybridized carbons (Fsp3) is 0.176. The molecule has 1 N–H and O–H groups in total. The van der Waals surface area contributed by atoms with E-state index in [0.29, 0.717) is 35.0 Å². The molecular weight excluding hydrogens is 518 g/mol. The molecule has 0 saturated carbocycles. The van der Waals surface area contributed by atoms with Crippen molar-refractivity contribution in [1.82, 2.24) is 4.90 Å². The number of hydrogen-bond acceptors (Lipinski definition) is 6. The van der Waals surface area contributed by atoms with Crippen molar-refractivity contribution in [3.05, 3.63) is 131 Å². The molecule has 1 amide bonds. The Morgan fingerprint density at radius 1 is 0.829 bits per heavy atom. The van der Waals surface area contributed by atoms with Gasteiger partial charge in [-0.15, -0.1) is 0 Å². The summed E-state index contributed by atoms with van der Waals surface area (Å²) in [5, 5.41) is 11.4. The Kier molecular flexibility index (Phi) is 8.46. The van der Waals surface area contributed by atoms with Crippen LogP contribution >= 0.6 is 0 Å². The van der Waals surface area contributed by atoms with E-state index < -0.39 is 17.7 Å². The van der Waals surface area contributed by atoms with Gasteiger partial charge < -0.3 is 24.2 Å². The van der Waals surface area contributed by atoms with Crippen molar-refractivity contribution in [3.63, 3.8) is 0 Å². The second-order valence-electron chi connectivity index (χ2n) is 9.77. The topological polar surface area (TPSA) is 85.3 Å². The molecule has 1 unspecified atom stereocenters. The number of amides is 1. The SMILES string of the molecule is COCCN1C(=O)C(=O)C(=C(O)c2ccc(OCc3cccc(C)c3)cc2)C1c1cccc(Oc2ccccc2)c1. The maximum absolute atomic E-state index is 13.3. The second-order valence-corrected chi connectivity index (χ2v) is 9.77. The van der Waals surface area contributed by atoms with E-state index in [0.717, 1.165) is 11.1 Å². The van der Waals surface area contributed by atoms with Gasteiger partial charge in [0.05, 0.1) is 18.2 Å². The largest absolute Gasteiger partial charge is 0.507 e. The van der Waals surface area contributed by atoms with Crippen LogP contribution in [-0.4, -0.2) is 42.0 Å². The number of aliphatic hydroxyl groups excluding tert-OH is 1. The summed E-state index contributed by atoms with van der Waals surface area (Å²) in [5.41, 5.74) is 3.25. The number of nitrogens with zero attached hydrogens (tertiary/aromatic N) is 1. The average Bonchev–Trinajstić information content (AvgIpc) is 3.24. The molecule has 0 aromatic heterocycles. The van der Waals surface area contributed by atoms with Crippen molar-refractivity contribution in [2.24, 2.45) is 0 Å². The molecule has 208 valence electrons. The third kappa shape index (κ3) is 6.31. The number of benzene rings is 4. The molecule has 7 heteroatoms. The Balaban J connectivity index is 1.45. The third-order valence-electron chi connectivity index (χ3n) is 6.84. The van der Waals surface area contributed by atoms with Crippen LogP contribution in [0.2, 0.25) is 0 Å². The van der Waals surface area contributed by atoms with Crippen LogP contribution in [0.1, 0.15) is 28.3 Å². The number of ether oxygens (including phenoxy) is 3. The number of hydrogen-bond donors (Lipinski definition) is 1. The summed E-state index contributed by atoms with van der Waals surface area (Å²) in [5.74, 6) is 0.113. The maximum Gasteiger partial charge on any atom is 0.295 e. The molecule has 5 rings (SSSR count). The van der Waals surface area contributed by atoms with Crippen LogP contribution in [0.3, 0.4) is 0 Å². The lowest BCUT2D eigenvalue weighted by molar-refractivity contribution is -0.140. The summed E-state index contributed by atoms with van der Waals surface area (Å²) in [4.78, 5) is 27.9. The number of aliphatic hydroxyl groups is 1. The quantitative estimate of drug-likeness (QED) is 0.139. The van der Waals surface area contributed by atoms with E-state index in [2.05, 4.69) is 6.07 Å².